The van der Waals surface area contributed by atoms with Crippen molar-refractivity contribution < 1.29 is 4.79 Å². The molecule has 0 aliphatic carbocycles. The zero-order valence-corrected chi connectivity index (χ0v) is 18.3. The van der Waals surface area contributed by atoms with Crippen molar-refractivity contribution >= 4 is 22.6 Å². The van der Waals surface area contributed by atoms with Gasteiger partial charge in [-0.2, -0.15) is 4.37 Å². The normalized spacial score (nSPS) is 14.0. The highest BCUT2D eigenvalue weighted by Gasteiger charge is 2.22. The number of likely N-dealkylation sites (tertiary alicyclic amines) is 1. The Labute approximate surface area is 182 Å². The molecule has 156 valence electrons. The highest BCUT2D eigenvalue weighted by Crippen LogP contribution is 2.22. The monoisotopic (exact) mass is 420 g/mol. The molecule has 6 heteroatoms. The molecule has 2 aromatic carbocycles. The van der Waals surface area contributed by atoms with E-state index in [0.29, 0.717) is 19.5 Å². The van der Waals surface area contributed by atoms with E-state index in [0.717, 1.165) is 36.9 Å². The predicted octanol–water partition coefficient (Wildman–Crippen LogP) is 4.46. The minimum atomic E-state index is 0.181. The molecule has 4 rings (SSSR count). The fourth-order valence-electron chi connectivity index (χ4n) is 3.74. The van der Waals surface area contributed by atoms with Crippen LogP contribution in [0.2, 0.25) is 0 Å². The number of aromatic nitrogens is 2. The summed E-state index contributed by atoms with van der Waals surface area (Å²) in [5.74, 6) is 0.989. The fourth-order valence-corrected chi connectivity index (χ4v) is 4.42. The van der Waals surface area contributed by atoms with E-state index in [1.165, 1.54) is 34.6 Å². The number of hydrogen-bond donors (Lipinski definition) is 0. The molecule has 0 radical (unpaired) electrons. The van der Waals surface area contributed by atoms with Gasteiger partial charge in [0.25, 0.3) is 0 Å². The molecule has 0 saturated carbocycles. The Bertz CT molecular complexity index is 949. The summed E-state index contributed by atoms with van der Waals surface area (Å²) in [5.41, 5.74) is 3.61. The average molecular weight is 421 g/mol. The van der Waals surface area contributed by atoms with Crippen molar-refractivity contribution in [3.05, 3.63) is 77.1 Å². The number of anilines is 1. The summed E-state index contributed by atoms with van der Waals surface area (Å²) >= 11 is 1.38. The zero-order valence-electron chi connectivity index (χ0n) is 17.5. The van der Waals surface area contributed by atoms with Gasteiger partial charge in [0.2, 0.25) is 11.0 Å². The van der Waals surface area contributed by atoms with Crippen molar-refractivity contribution in [2.45, 2.75) is 39.2 Å². The van der Waals surface area contributed by atoms with Gasteiger partial charge in [0.1, 0.15) is 5.82 Å². The quantitative estimate of drug-likeness (QED) is 0.566. The molecule has 0 N–H and O–H groups in total. The van der Waals surface area contributed by atoms with Crippen molar-refractivity contribution in [3.63, 3.8) is 0 Å². The van der Waals surface area contributed by atoms with Crippen LogP contribution in [0, 0.1) is 6.92 Å². The standard InChI is InChI=1S/C24H28N4OS/c1-19-10-12-20(13-11-19)16-22-25-24(30-26-22)28(17-21-8-4-2-5-9-21)18-23(29)27-14-6-3-7-15-27/h2,4-5,8-13H,3,6-7,14-18H2,1H3. The summed E-state index contributed by atoms with van der Waals surface area (Å²) in [4.78, 5) is 21.8. The van der Waals surface area contributed by atoms with E-state index < -0.39 is 0 Å². The van der Waals surface area contributed by atoms with Crippen LogP contribution in [-0.4, -0.2) is 39.8 Å². The Morgan fingerprint density at radius 3 is 2.47 bits per heavy atom. The highest BCUT2D eigenvalue weighted by molar-refractivity contribution is 7.09. The van der Waals surface area contributed by atoms with E-state index in [1.54, 1.807) is 0 Å². The largest absolute Gasteiger partial charge is 0.341 e. The number of rotatable bonds is 7. The number of hydrogen-bond acceptors (Lipinski definition) is 5. The molecular weight excluding hydrogens is 392 g/mol. The van der Waals surface area contributed by atoms with E-state index in [9.17, 15) is 4.79 Å². The van der Waals surface area contributed by atoms with Gasteiger partial charge in [-0.1, -0.05) is 60.2 Å². The Morgan fingerprint density at radius 1 is 1.00 bits per heavy atom. The summed E-state index contributed by atoms with van der Waals surface area (Å²) in [6, 6.07) is 18.7. The van der Waals surface area contributed by atoms with Crippen LogP contribution in [-0.2, 0) is 17.8 Å². The third kappa shape index (κ3) is 5.45. The number of carbonyl (C=O) groups is 1. The van der Waals surface area contributed by atoms with E-state index >= 15 is 0 Å². The molecule has 0 unspecified atom stereocenters. The minimum Gasteiger partial charge on any atom is -0.341 e. The van der Waals surface area contributed by atoms with Crippen LogP contribution in [0.15, 0.2) is 54.6 Å². The number of piperidine rings is 1. The second-order valence-electron chi connectivity index (χ2n) is 7.94. The van der Waals surface area contributed by atoms with Crippen LogP contribution in [0.5, 0.6) is 0 Å². The van der Waals surface area contributed by atoms with Gasteiger partial charge in [-0.25, -0.2) is 4.98 Å². The molecule has 1 amide bonds. The molecule has 1 aliphatic heterocycles. The van der Waals surface area contributed by atoms with Gasteiger partial charge in [-0.3, -0.25) is 4.79 Å². The maximum Gasteiger partial charge on any atom is 0.242 e. The first-order valence-electron chi connectivity index (χ1n) is 10.6. The molecule has 1 aromatic heterocycles. The van der Waals surface area contributed by atoms with Gasteiger partial charge < -0.3 is 9.80 Å². The first kappa shape index (κ1) is 20.5. The molecule has 0 atom stereocenters. The highest BCUT2D eigenvalue weighted by atomic mass is 32.1. The molecule has 0 spiro atoms. The van der Waals surface area contributed by atoms with Crippen LogP contribution in [0.25, 0.3) is 0 Å². The van der Waals surface area contributed by atoms with Crippen LogP contribution in [0.4, 0.5) is 5.13 Å². The van der Waals surface area contributed by atoms with Gasteiger partial charge >= 0.3 is 0 Å². The maximum absolute atomic E-state index is 12.9. The molecule has 30 heavy (non-hydrogen) atoms. The van der Waals surface area contributed by atoms with Crippen molar-refractivity contribution in [1.29, 1.82) is 0 Å². The second-order valence-corrected chi connectivity index (χ2v) is 8.67. The van der Waals surface area contributed by atoms with Gasteiger partial charge in [-0.05, 0) is 37.3 Å². The number of carbonyl (C=O) groups excluding carboxylic acids is 1. The Balaban J connectivity index is 1.50. The third-order valence-electron chi connectivity index (χ3n) is 5.46. The molecule has 3 aromatic rings. The summed E-state index contributed by atoms with van der Waals surface area (Å²) in [6.07, 6.45) is 4.13. The predicted molar refractivity (Wildman–Crippen MR) is 122 cm³/mol. The smallest absolute Gasteiger partial charge is 0.242 e. The maximum atomic E-state index is 12.9. The first-order valence-corrected chi connectivity index (χ1v) is 11.4. The first-order chi connectivity index (χ1) is 14.7. The van der Waals surface area contributed by atoms with Crippen molar-refractivity contribution in [2.75, 3.05) is 24.5 Å². The molecule has 2 heterocycles. The minimum absolute atomic E-state index is 0.181. The number of aryl methyl sites for hydroxylation is 1. The van der Waals surface area contributed by atoms with Gasteiger partial charge in [0.05, 0.1) is 6.54 Å². The van der Waals surface area contributed by atoms with Crippen LogP contribution in [0.3, 0.4) is 0 Å². The van der Waals surface area contributed by atoms with Crippen LogP contribution >= 0.6 is 11.5 Å². The van der Waals surface area contributed by atoms with Gasteiger partial charge in [0.15, 0.2) is 0 Å². The van der Waals surface area contributed by atoms with Crippen LogP contribution < -0.4 is 4.90 Å². The molecule has 1 saturated heterocycles. The fraction of sp³-hybridized carbons (Fsp3) is 0.375. The van der Waals surface area contributed by atoms with Crippen molar-refractivity contribution in [1.82, 2.24) is 14.3 Å². The van der Waals surface area contributed by atoms with Crippen LogP contribution in [0.1, 0.15) is 41.8 Å². The summed E-state index contributed by atoms with van der Waals surface area (Å²) in [7, 11) is 0. The molecule has 1 fully saturated rings. The lowest BCUT2D eigenvalue weighted by Gasteiger charge is -2.29. The summed E-state index contributed by atoms with van der Waals surface area (Å²) in [5, 5.41) is 0.811. The lowest BCUT2D eigenvalue weighted by molar-refractivity contribution is -0.130. The third-order valence-corrected chi connectivity index (χ3v) is 6.28. The van der Waals surface area contributed by atoms with Crippen molar-refractivity contribution in [2.24, 2.45) is 0 Å². The van der Waals surface area contributed by atoms with E-state index in [-0.39, 0.29) is 5.91 Å². The SMILES string of the molecule is Cc1ccc(Cc2nsc(N(CC(=O)N3CCCCC3)Cc3ccccc3)n2)cc1. The lowest BCUT2D eigenvalue weighted by Crippen LogP contribution is -2.42. The summed E-state index contributed by atoms with van der Waals surface area (Å²) in [6.45, 7) is 4.82. The number of amides is 1. The number of nitrogens with zero attached hydrogens (tertiary/aromatic N) is 4. The Kier molecular flexibility index (Phi) is 6.74. The molecule has 1 aliphatic rings. The average Bonchev–Trinajstić information content (AvgIpc) is 3.25. The molecule has 5 nitrogen and oxygen atoms in total. The lowest BCUT2D eigenvalue weighted by atomic mass is 10.1. The molecule has 0 bridgehead atoms. The van der Waals surface area contributed by atoms with Crippen molar-refractivity contribution in [3.8, 4) is 0 Å². The second kappa shape index (κ2) is 9.85. The van der Waals surface area contributed by atoms with Gasteiger partial charge in [0, 0.05) is 37.6 Å². The summed E-state index contributed by atoms with van der Waals surface area (Å²) < 4.78 is 4.58. The Morgan fingerprint density at radius 2 is 1.73 bits per heavy atom. The zero-order chi connectivity index (χ0) is 20.8. The Hall–Kier alpha value is -2.73. The topological polar surface area (TPSA) is 49.3 Å². The number of benzene rings is 2. The van der Waals surface area contributed by atoms with E-state index in [4.69, 9.17) is 4.98 Å². The van der Waals surface area contributed by atoms with Gasteiger partial charge in [-0.15, -0.1) is 0 Å². The van der Waals surface area contributed by atoms with E-state index in [1.807, 2.05) is 23.1 Å². The molecular formula is C24H28N4OS. The van der Waals surface area contributed by atoms with E-state index in [2.05, 4.69) is 52.6 Å².